The van der Waals surface area contributed by atoms with Crippen molar-refractivity contribution in [2.24, 2.45) is 0 Å². The van der Waals surface area contributed by atoms with E-state index in [2.05, 4.69) is 20.5 Å². The first-order chi connectivity index (χ1) is 12.0. The fraction of sp³-hybridized carbons (Fsp3) is 0.278. The molecule has 25 heavy (non-hydrogen) atoms. The summed E-state index contributed by atoms with van der Waals surface area (Å²) in [5.74, 6) is -0.605. The molecule has 132 valence electrons. The number of nitrogens with zero attached hydrogens (tertiary/aromatic N) is 2. The largest absolute Gasteiger partial charge is 0.352 e. The molecule has 0 atom stereocenters. The Balaban J connectivity index is 1.96. The molecule has 1 aromatic carbocycles. The first-order valence-electron chi connectivity index (χ1n) is 7.91. The third-order valence-corrected chi connectivity index (χ3v) is 3.68. The normalized spacial score (nSPS) is 10.6. The standard InChI is InChI=1S/C18H21ClN4O2/c1-23(2)11-3-9-21-17(24)13-8-10-20-16(12-13)18(25)22-15-6-4-14(19)5-7-15/h4-8,10,12H,3,9,11H2,1-2H3,(H,21,24)(H,22,25). The van der Waals surface area contributed by atoms with Crippen molar-refractivity contribution in [3.05, 3.63) is 58.9 Å². The molecule has 0 bridgehead atoms. The van der Waals surface area contributed by atoms with E-state index >= 15 is 0 Å². The van der Waals surface area contributed by atoms with Crippen LogP contribution in [0.5, 0.6) is 0 Å². The Bertz CT molecular complexity index is 732. The minimum Gasteiger partial charge on any atom is -0.352 e. The number of hydrogen-bond acceptors (Lipinski definition) is 4. The van der Waals surface area contributed by atoms with Crippen LogP contribution in [0.1, 0.15) is 27.3 Å². The molecule has 0 saturated heterocycles. The first-order valence-corrected chi connectivity index (χ1v) is 8.29. The average Bonchev–Trinajstić information content (AvgIpc) is 2.60. The van der Waals surface area contributed by atoms with E-state index in [1.807, 2.05) is 14.1 Å². The zero-order chi connectivity index (χ0) is 18.2. The lowest BCUT2D eigenvalue weighted by Gasteiger charge is -2.10. The number of rotatable bonds is 7. The van der Waals surface area contributed by atoms with Crippen LogP contribution in [0.25, 0.3) is 0 Å². The summed E-state index contributed by atoms with van der Waals surface area (Å²) in [5, 5.41) is 6.14. The fourth-order valence-electron chi connectivity index (χ4n) is 2.12. The fourth-order valence-corrected chi connectivity index (χ4v) is 2.25. The maximum atomic E-state index is 12.3. The third-order valence-electron chi connectivity index (χ3n) is 3.42. The van der Waals surface area contributed by atoms with Gasteiger partial charge in [0.25, 0.3) is 11.8 Å². The molecule has 0 fully saturated rings. The summed E-state index contributed by atoms with van der Waals surface area (Å²) in [6.07, 6.45) is 2.30. The van der Waals surface area contributed by atoms with Gasteiger partial charge in [-0.2, -0.15) is 0 Å². The van der Waals surface area contributed by atoms with E-state index in [1.54, 1.807) is 30.3 Å². The quantitative estimate of drug-likeness (QED) is 0.744. The molecule has 0 radical (unpaired) electrons. The molecular formula is C18H21ClN4O2. The van der Waals surface area contributed by atoms with Crippen molar-refractivity contribution in [1.29, 1.82) is 0 Å². The van der Waals surface area contributed by atoms with Gasteiger partial charge in [0.1, 0.15) is 5.69 Å². The monoisotopic (exact) mass is 360 g/mol. The number of amides is 2. The maximum Gasteiger partial charge on any atom is 0.274 e. The van der Waals surface area contributed by atoms with E-state index in [-0.39, 0.29) is 17.5 Å². The molecular weight excluding hydrogens is 340 g/mol. The summed E-state index contributed by atoms with van der Waals surface area (Å²) in [4.78, 5) is 30.5. The molecule has 0 unspecified atom stereocenters. The lowest BCUT2D eigenvalue weighted by molar-refractivity contribution is 0.0952. The zero-order valence-corrected chi connectivity index (χ0v) is 15.0. The van der Waals surface area contributed by atoms with Crippen molar-refractivity contribution in [2.75, 3.05) is 32.5 Å². The Morgan fingerprint density at radius 1 is 1.12 bits per heavy atom. The molecule has 1 heterocycles. The number of carbonyl (C=O) groups is 2. The van der Waals surface area contributed by atoms with Gasteiger partial charge in [0.05, 0.1) is 0 Å². The van der Waals surface area contributed by atoms with Crippen LogP contribution < -0.4 is 10.6 Å². The predicted octanol–water partition coefficient (Wildman–Crippen LogP) is 2.67. The Kier molecular flexibility index (Phi) is 6.91. The summed E-state index contributed by atoms with van der Waals surface area (Å²) < 4.78 is 0. The molecule has 0 saturated carbocycles. The number of nitrogens with one attached hydrogen (secondary N) is 2. The number of anilines is 1. The molecule has 0 aliphatic rings. The minimum absolute atomic E-state index is 0.177. The number of hydrogen-bond donors (Lipinski definition) is 2. The number of pyridine rings is 1. The molecule has 6 nitrogen and oxygen atoms in total. The van der Waals surface area contributed by atoms with Crippen LogP contribution in [0.4, 0.5) is 5.69 Å². The highest BCUT2D eigenvalue weighted by Gasteiger charge is 2.12. The zero-order valence-electron chi connectivity index (χ0n) is 14.3. The van der Waals surface area contributed by atoms with Gasteiger partial charge in [0.15, 0.2) is 0 Å². The minimum atomic E-state index is -0.385. The van der Waals surface area contributed by atoms with Crippen LogP contribution in [0.2, 0.25) is 5.02 Å². The van der Waals surface area contributed by atoms with Gasteiger partial charge in [0, 0.05) is 29.0 Å². The van der Waals surface area contributed by atoms with Gasteiger partial charge in [-0.15, -0.1) is 0 Å². The average molecular weight is 361 g/mol. The number of halogens is 1. The van der Waals surface area contributed by atoms with Crippen LogP contribution >= 0.6 is 11.6 Å². The molecule has 7 heteroatoms. The van der Waals surface area contributed by atoms with E-state index in [0.717, 1.165) is 13.0 Å². The summed E-state index contributed by atoms with van der Waals surface area (Å²) in [6, 6.07) is 9.82. The second kappa shape index (κ2) is 9.15. The lowest BCUT2D eigenvalue weighted by Crippen LogP contribution is -2.27. The summed E-state index contributed by atoms with van der Waals surface area (Å²) in [7, 11) is 3.96. The van der Waals surface area contributed by atoms with Gasteiger partial charge in [-0.25, -0.2) is 0 Å². The van der Waals surface area contributed by atoms with Crippen LogP contribution in [0, 0.1) is 0 Å². The van der Waals surface area contributed by atoms with Crippen LogP contribution in [0.3, 0.4) is 0 Å². The highest BCUT2D eigenvalue weighted by atomic mass is 35.5. The van der Waals surface area contributed by atoms with Crippen molar-refractivity contribution in [1.82, 2.24) is 15.2 Å². The smallest absolute Gasteiger partial charge is 0.274 e. The van der Waals surface area contributed by atoms with Crippen LogP contribution in [-0.4, -0.2) is 48.9 Å². The van der Waals surface area contributed by atoms with Crippen LogP contribution in [-0.2, 0) is 0 Å². The number of carbonyl (C=O) groups excluding carboxylic acids is 2. The second-order valence-corrected chi connectivity index (χ2v) is 6.24. The van der Waals surface area contributed by atoms with E-state index < -0.39 is 0 Å². The van der Waals surface area contributed by atoms with E-state index in [1.165, 1.54) is 12.3 Å². The molecule has 2 aromatic rings. The molecule has 2 amide bonds. The Hall–Kier alpha value is -2.44. The number of benzene rings is 1. The third kappa shape index (κ3) is 6.17. The molecule has 0 aliphatic heterocycles. The number of aromatic nitrogens is 1. The summed E-state index contributed by atoms with van der Waals surface area (Å²) in [6.45, 7) is 1.47. The predicted molar refractivity (Wildman–Crippen MR) is 99.1 cm³/mol. The van der Waals surface area contributed by atoms with Crippen molar-refractivity contribution >= 4 is 29.1 Å². The maximum absolute atomic E-state index is 12.3. The second-order valence-electron chi connectivity index (χ2n) is 5.80. The van der Waals surface area contributed by atoms with Crippen molar-refractivity contribution in [2.45, 2.75) is 6.42 Å². The SMILES string of the molecule is CN(C)CCCNC(=O)c1ccnc(C(=O)Nc2ccc(Cl)cc2)c1. The van der Waals surface area contributed by atoms with Gasteiger partial charge in [-0.1, -0.05) is 11.6 Å². The summed E-state index contributed by atoms with van der Waals surface area (Å²) >= 11 is 5.82. The van der Waals surface area contributed by atoms with Gasteiger partial charge in [0.2, 0.25) is 0 Å². The Labute approximate surface area is 152 Å². The Morgan fingerprint density at radius 3 is 2.52 bits per heavy atom. The molecule has 0 spiro atoms. The Morgan fingerprint density at radius 2 is 1.84 bits per heavy atom. The molecule has 2 N–H and O–H groups in total. The highest BCUT2D eigenvalue weighted by Crippen LogP contribution is 2.14. The molecule has 0 aliphatic carbocycles. The van der Waals surface area contributed by atoms with Crippen molar-refractivity contribution in [3.63, 3.8) is 0 Å². The van der Waals surface area contributed by atoms with E-state index in [0.29, 0.717) is 22.8 Å². The van der Waals surface area contributed by atoms with Crippen molar-refractivity contribution in [3.8, 4) is 0 Å². The van der Waals surface area contributed by atoms with Gasteiger partial charge >= 0.3 is 0 Å². The highest BCUT2D eigenvalue weighted by molar-refractivity contribution is 6.30. The van der Waals surface area contributed by atoms with Crippen molar-refractivity contribution < 1.29 is 9.59 Å². The van der Waals surface area contributed by atoms with Gasteiger partial charge in [-0.3, -0.25) is 14.6 Å². The van der Waals surface area contributed by atoms with E-state index in [9.17, 15) is 9.59 Å². The topological polar surface area (TPSA) is 74.3 Å². The molecule has 1 aromatic heterocycles. The molecule has 2 rings (SSSR count). The summed E-state index contributed by atoms with van der Waals surface area (Å²) in [5.41, 5.74) is 1.19. The van der Waals surface area contributed by atoms with Gasteiger partial charge in [-0.05, 0) is 63.5 Å². The van der Waals surface area contributed by atoms with Crippen LogP contribution in [0.15, 0.2) is 42.6 Å². The van der Waals surface area contributed by atoms with E-state index in [4.69, 9.17) is 11.6 Å². The lowest BCUT2D eigenvalue weighted by atomic mass is 10.2. The van der Waals surface area contributed by atoms with Gasteiger partial charge < -0.3 is 15.5 Å². The first kappa shape index (κ1) is 18.9.